The molecule has 1 aliphatic carbocycles. The maximum absolute atomic E-state index is 8.55. The predicted octanol–water partition coefficient (Wildman–Crippen LogP) is 2.52. The van der Waals surface area contributed by atoms with Crippen molar-refractivity contribution in [3.8, 4) is 0 Å². The third-order valence-electron chi connectivity index (χ3n) is 2.92. The lowest BCUT2D eigenvalue weighted by molar-refractivity contribution is 0.272. The van der Waals surface area contributed by atoms with Crippen LogP contribution in [-0.2, 0) is 6.42 Å². The fourth-order valence-electron chi connectivity index (χ4n) is 2.35. The van der Waals surface area contributed by atoms with Gasteiger partial charge in [-0.05, 0) is 37.2 Å². The molecule has 15 heavy (non-hydrogen) atoms. The van der Waals surface area contributed by atoms with E-state index in [0.717, 1.165) is 6.42 Å². The maximum Gasteiger partial charge on any atom is 0.0611 e. The van der Waals surface area contributed by atoms with Gasteiger partial charge in [-0.1, -0.05) is 29.4 Å². The van der Waals surface area contributed by atoms with Crippen LogP contribution in [0.3, 0.4) is 0 Å². The number of likely N-dealkylation sites (N-methyl/N-ethyl adjacent to an activating group) is 1. The SMILES string of the molecule is CN(C)[C@@H]1c2ccccc2C[C@@H]1N=[N+]=[N-]. The Bertz CT molecular complexity index is 407. The molecule has 0 radical (unpaired) electrons. The normalized spacial score (nSPS) is 23.7. The highest BCUT2D eigenvalue weighted by Gasteiger charge is 2.32. The van der Waals surface area contributed by atoms with E-state index in [1.807, 2.05) is 26.2 Å². The minimum Gasteiger partial charge on any atom is -0.302 e. The molecule has 1 aliphatic rings. The van der Waals surface area contributed by atoms with E-state index in [-0.39, 0.29) is 12.1 Å². The van der Waals surface area contributed by atoms with E-state index in [1.54, 1.807) is 0 Å². The van der Waals surface area contributed by atoms with Crippen LogP contribution in [-0.4, -0.2) is 25.0 Å². The molecule has 0 saturated carbocycles. The van der Waals surface area contributed by atoms with Crippen molar-refractivity contribution in [3.05, 3.63) is 45.8 Å². The second-order valence-corrected chi connectivity index (χ2v) is 4.08. The first-order valence-corrected chi connectivity index (χ1v) is 5.02. The summed E-state index contributed by atoms with van der Waals surface area (Å²) in [4.78, 5) is 5.05. The largest absolute Gasteiger partial charge is 0.302 e. The number of hydrogen-bond acceptors (Lipinski definition) is 2. The highest BCUT2D eigenvalue weighted by Crippen LogP contribution is 2.36. The monoisotopic (exact) mass is 202 g/mol. The lowest BCUT2D eigenvalue weighted by atomic mass is 10.1. The van der Waals surface area contributed by atoms with Crippen molar-refractivity contribution in [3.63, 3.8) is 0 Å². The molecule has 0 aliphatic heterocycles. The number of rotatable bonds is 2. The van der Waals surface area contributed by atoms with E-state index < -0.39 is 0 Å². The molecule has 0 bridgehead atoms. The minimum atomic E-state index is 0.0300. The summed E-state index contributed by atoms with van der Waals surface area (Å²) in [6.07, 6.45) is 0.850. The van der Waals surface area contributed by atoms with Crippen molar-refractivity contribution in [2.45, 2.75) is 18.5 Å². The van der Waals surface area contributed by atoms with Gasteiger partial charge in [0.15, 0.2) is 0 Å². The molecule has 0 aromatic heterocycles. The molecule has 0 spiro atoms. The predicted molar refractivity (Wildman–Crippen MR) is 59.5 cm³/mol. The molecule has 1 aromatic rings. The van der Waals surface area contributed by atoms with Gasteiger partial charge in [-0.25, -0.2) is 0 Å². The smallest absolute Gasteiger partial charge is 0.0611 e. The molecular weight excluding hydrogens is 188 g/mol. The van der Waals surface area contributed by atoms with Crippen LogP contribution in [0, 0.1) is 0 Å². The quantitative estimate of drug-likeness (QED) is 0.413. The average molecular weight is 202 g/mol. The maximum atomic E-state index is 8.55. The van der Waals surface area contributed by atoms with Gasteiger partial charge in [-0.2, -0.15) is 0 Å². The summed E-state index contributed by atoms with van der Waals surface area (Å²) in [5.41, 5.74) is 11.1. The molecule has 4 nitrogen and oxygen atoms in total. The summed E-state index contributed by atoms with van der Waals surface area (Å²) >= 11 is 0. The zero-order valence-corrected chi connectivity index (χ0v) is 8.96. The number of benzene rings is 1. The summed E-state index contributed by atoms with van der Waals surface area (Å²) in [6, 6.07) is 8.54. The Morgan fingerprint density at radius 3 is 2.80 bits per heavy atom. The van der Waals surface area contributed by atoms with Crippen LogP contribution in [0.25, 0.3) is 10.4 Å². The van der Waals surface area contributed by atoms with E-state index in [9.17, 15) is 0 Å². The zero-order valence-electron chi connectivity index (χ0n) is 8.96. The van der Waals surface area contributed by atoms with Crippen LogP contribution in [0.2, 0.25) is 0 Å². The van der Waals surface area contributed by atoms with Crippen LogP contribution >= 0.6 is 0 Å². The molecule has 0 amide bonds. The number of nitrogens with zero attached hydrogens (tertiary/aromatic N) is 4. The molecule has 0 fully saturated rings. The van der Waals surface area contributed by atoms with E-state index >= 15 is 0 Å². The van der Waals surface area contributed by atoms with Crippen LogP contribution in [0.5, 0.6) is 0 Å². The second kappa shape index (κ2) is 3.93. The molecule has 0 saturated heterocycles. The Morgan fingerprint density at radius 2 is 2.13 bits per heavy atom. The van der Waals surface area contributed by atoms with Gasteiger partial charge in [0.05, 0.1) is 6.04 Å². The third kappa shape index (κ3) is 1.69. The van der Waals surface area contributed by atoms with Gasteiger partial charge < -0.3 is 4.90 Å². The first-order chi connectivity index (χ1) is 7.24. The van der Waals surface area contributed by atoms with E-state index in [2.05, 4.69) is 27.1 Å². The topological polar surface area (TPSA) is 52.0 Å². The Hall–Kier alpha value is -1.51. The highest BCUT2D eigenvalue weighted by atomic mass is 15.2. The zero-order chi connectivity index (χ0) is 10.8. The van der Waals surface area contributed by atoms with Gasteiger partial charge in [0.1, 0.15) is 0 Å². The fraction of sp³-hybridized carbons (Fsp3) is 0.455. The number of fused-ring (bicyclic) bond motifs is 1. The fourth-order valence-corrected chi connectivity index (χ4v) is 2.35. The second-order valence-electron chi connectivity index (χ2n) is 4.08. The molecule has 0 heterocycles. The molecule has 0 N–H and O–H groups in total. The Labute approximate surface area is 89.1 Å². The van der Waals surface area contributed by atoms with Gasteiger partial charge in [0.2, 0.25) is 0 Å². The van der Waals surface area contributed by atoms with Crippen molar-refractivity contribution < 1.29 is 0 Å². The molecule has 1 aromatic carbocycles. The summed E-state index contributed by atoms with van der Waals surface area (Å²) < 4.78 is 0. The molecule has 78 valence electrons. The lowest BCUT2D eigenvalue weighted by Crippen LogP contribution is -2.26. The Morgan fingerprint density at radius 1 is 1.40 bits per heavy atom. The lowest BCUT2D eigenvalue weighted by Gasteiger charge is -2.24. The average Bonchev–Trinajstić information content (AvgIpc) is 2.56. The van der Waals surface area contributed by atoms with E-state index in [0.29, 0.717) is 0 Å². The van der Waals surface area contributed by atoms with E-state index in [1.165, 1.54) is 11.1 Å². The van der Waals surface area contributed by atoms with Crippen molar-refractivity contribution >= 4 is 0 Å². The Balaban J connectivity index is 2.41. The van der Waals surface area contributed by atoms with Crippen LogP contribution < -0.4 is 0 Å². The first-order valence-electron chi connectivity index (χ1n) is 5.02. The van der Waals surface area contributed by atoms with Crippen LogP contribution in [0.4, 0.5) is 0 Å². The van der Waals surface area contributed by atoms with Crippen LogP contribution in [0.15, 0.2) is 29.4 Å². The number of azide groups is 1. The summed E-state index contributed by atoms with van der Waals surface area (Å²) in [6.45, 7) is 0. The number of hydrogen-bond donors (Lipinski definition) is 0. The Kier molecular flexibility index (Phi) is 2.62. The molecule has 2 rings (SSSR count). The summed E-state index contributed by atoms with van der Waals surface area (Å²) in [5.74, 6) is 0. The molecular formula is C11H14N4. The standard InChI is InChI=1S/C11H14N4/c1-15(2)11-9-6-4-3-5-8(9)7-10(11)13-14-12/h3-6,10-11H,7H2,1-2H3/t10-,11+/m0/s1. The molecule has 2 atom stereocenters. The molecule has 0 unspecified atom stereocenters. The van der Waals surface area contributed by atoms with Gasteiger partial charge in [0.25, 0.3) is 0 Å². The highest BCUT2D eigenvalue weighted by molar-refractivity contribution is 5.37. The van der Waals surface area contributed by atoms with Crippen molar-refractivity contribution in [2.24, 2.45) is 5.11 Å². The van der Waals surface area contributed by atoms with Gasteiger partial charge in [0, 0.05) is 11.0 Å². The molecule has 4 heteroatoms. The first kappa shape index (κ1) is 10.0. The van der Waals surface area contributed by atoms with E-state index in [4.69, 9.17) is 5.53 Å². The van der Waals surface area contributed by atoms with Crippen LogP contribution in [0.1, 0.15) is 17.2 Å². The summed E-state index contributed by atoms with van der Waals surface area (Å²) in [5, 5.41) is 3.88. The van der Waals surface area contributed by atoms with Gasteiger partial charge in [-0.3, -0.25) is 0 Å². The van der Waals surface area contributed by atoms with Crippen molar-refractivity contribution in [1.29, 1.82) is 0 Å². The third-order valence-corrected chi connectivity index (χ3v) is 2.92. The van der Waals surface area contributed by atoms with Gasteiger partial charge in [-0.15, -0.1) is 0 Å². The van der Waals surface area contributed by atoms with Crippen molar-refractivity contribution in [1.82, 2.24) is 4.90 Å². The van der Waals surface area contributed by atoms with Crippen molar-refractivity contribution in [2.75, 3.05) is 14.1 Å². The summed E-state index contributed by atoms with van der Waals surface area (Å²) in [7, 11) is 4.04. The van der Waals surface area contributed by atoms with Gasteiger partial charge >= 0.3 is 0 Å². The minimum absolute atomic E-state index is 0.0300.